The first-order valence-corrected chi connectivity index (χ1v) is 11.7. The Labute approximate surface area is 194 Å². The van der Waals surface area contributed by atoms with E-state index in [0.717, 1.165) is 47.7 Å². The first-order chi connectivity index (χ1) is 16.0. The Kier molecular flexibility index (Phi) is 5.79. The average molecular weight is 447 g/mol. The maximum absolute atomic E-state index is 12.5. The maximum Gasteiger partial charge on any atom is 0.258 e. The van der Waals surface area contributed by atoms with Crippen molar-refractivity contribution in [2.24, 2.45) is 0 Å². The lowest BCUT2D eigenvalue weighted by Crippen LogP contribution is -2.29. The Hall–Kier alpha value is -3.35. The topological polar surface area (TPSA) is 78.3 Å². The van der Waals surface area contributed by atoms with Gasteiger partial charge in [0.2, 0.25) is 0 Å². The molecule has 0 saturated heterocycles. The molecule has 7 heteroatoms. The molecule has 1 aliphatic carbocycles. The molecule has 3 heterocycles. The zero-order valence-electron chi connectivity index (χ0n) is 19.2. The second-order valence-electron chi connectivity index (χ2n) is 9.47. The van der Waals surface area contributed by atoms with Gasteiger partial charge in [0.05, 0.1) is 29.7 Å². The third-order valence-electron chi connectivity index (χ3n) is 6.26. The zero-order chi connectivity index (χ0) is 22.8. The number of carbonyl (C=O) groups is 1. The van der Waals surface area contributed by atoms with Crippen molar-refractivity contribution in [3.63, 3.8) is 0 Å². The van der Waals surface area contributed by atoms with Crippen LogP contribution in [-0.4, -0.2) is 32.9 Å². The number of nitrogens with zero attached hydrogens (tertiary/aromatic N) is 3. The molecule has 0 spiro atoms. The molecule has 1 aliphatic heterocycles. The summed E-state index contributed by atoms with van der Waals surface area (Å²) in [5.74, 6) is 1.15. The number of amides is 1. The van der Waals surface area contributed by atoms with Crippen LogP contribution in [0.1, 0.15) is 56.8 Å². The molecule has 5 rings (SSSR count). The molecule has 172 valence electrons. The highest BCUT2D eigenvalue weighted by Gasteiger charge is 2.32. The number of hydrogen-bond acceptors (Lipinski definition) is 5. The molecular weight excluding hydrogens is 416 g/mol. The second-order valence-corrected chi connectivity index (χ2v) is 9.47. The van der Waals surface area contributed by atoms with Gasteiger partial charge in [-0.25, -0.2) is 0 Å². The number of hydrogen-bond donors (Lipinski definition) is 1. The van der Waals surface area contributed by atoms with Crippen LogP contribution in [0.3, 0.4) is 0 Å². The number of aromatic nitrogens is 3. The summed E-state index contributed by atoms with van der Waals surface area (Å²) in [4.78, 5) is 17.0. The summed E-state index contributed by atoms with van der Waals surface area (Å²) >= 11 is 0. The zero-order valence-corrected chi connectivity index (χ0v) is 19.2. The van der Waals surface area contributed by atoms with Crippen LogP contribution in [-0.2, 0) is 17.8 Å². The lowest BCUT2D eigenvalue weighted by Gasteiger charge is -2.18. The van der Waals surface area contributed by atoms with Crippen LogP contribution in [0.25, 0.3) is 11.4 Å². The number of carbonyl (C=O) groups excluding carboxylic acids is 1. The molecule has 0 radical (unpaired) electrons. The Morgan fingerprint density at radius 1 is 1.21 bits per heavy atom. The van der Waals surface area contributed by atoms with Crippen molar-refractivity contribution >= 4 is 5.91 Å². The molecule has 2 aliphatic rings. The molecule has 3 aromatic rings. The molecule has 0 bridgehead atoms. The summed E-state index contributed by atoms with van der Waals surface area (Å²) in [6, 6.07) is 14.1. The largest absolute Gasteiger partial charge is 0.483 e. The lowest BCUT2D eigenvalue weighted by molar-refractivity contribution is -0.123. The van der Waals surface area contributed by atoms with Crippen LogP contribution in [0, 0.1) is 0 Å². The van der Waals surface area contributed by atoms with Gasteiger partial charge in [-0.1, -0.05) is 31.0 Å². The molecule has 0 unspecified atom stereocenters. The molecule has 1 saturated carbocycles. The highest BCUT2D eigenvalue weighted by atomic mass is 16.5. The third kappa shape index (κ3) is 4.72. The molecule has 1 N–H and O–H groups in total. The summed E-state index contributed by atoms with van der Waals surface area (Å²) in [6.07, 6.45) is 7.32. The summed E-state index contributed by atoms with van der Waals surface area (Å²) in [6.45, 7) is 4.37. The molecule has 7 nitrogen and oxygen atoms in total. The van der Waals surface area contributed by atoms with Gasteiger partial charge >= 0.3 is 0 Å². The van der Waals surface area contributed by atoms with Crippen molar-refractivity contribution in [1.82, 2.24) is 20.1 Å². The Balaban J connectivity index is 1.23. The van der Waals surface area contributed by atoms with Crippen molar-refractivity contribution in [3.05, 3.63) is 59.9 Å². The van der Waals surface area contributed by atoms with E-state index in [0.29, 0.717) is 18.3 Å². The number of para-hydroxylation sites is 1. The quantitative estimate of drug-likeness (QED) is 0.579. The number of pyridine rings is 1. The number of rotatable bonds is 7. The van der Waals surface area contributed by atoms with Crippen LogP contribution in [0.2, 0.25) is 0 Å². The average Bonchev–Trinajstić information content (AvgIpc) is 3.54. The third-order valence-corrected chi connectivity index (χ3v) is 6.26. The van der Waals surface area contributed by atoms with E-state index in [9.17, 15) is 4.79 Å². The van der Waals surface area contributed by atoms with E-state index in [-0.39, 0.29) is 18.1 Å². The lowest BCUT2D eigenvalue weighted by atomic mass is 10.0. The fraction of sp³-hybridized carbons (Fsp3) is 0.423. The van der Waals surface area contributed by atoms with Crippen LogP contribution >= 0.6 is 0 Å². The minimum absolute atomic E-state index is 0.0727. The molecule has 0 atom stereocenters. The Bertz CT molecular complexity index is 1130. The van der Waals surface area contributed by atoms with Crippen molar-refractivity contribution in [2.45, 2.75) is 64.1 Å². The number of benzene rings is 1. The Morgan fingerprint density at radius 3 is 2.85 bits per heavy atom. The van der Waals surface area contributed by atoms with E-state index >= 15 is 0 Å². The highest BCUT2D eigenvalue weighted by molar-refractivity contribution is 5.77. The standard InChI is InChI=1S/C26H30N4O3/c1-26(2)15-18-8-7-12-23(25(18)33-26)32-17-24(31)28-16-19-14-22(21-11-5-6-13-27-21)30(29-19)20-9-3-4-10-20/h5-8,11-14,20H,3-4,9-10,15-17H2,1-2H3,(H,28,31). The van der Waals surface area contributed by atoms with Crippen LogP contribution < -0.4 is 14.8 Å². The second kappa shape index (κ2) is 8.89. The fourth-order valence-corrected chi connectivity index (χ4v) is 4.75. The van der Waals surface area contributed by atoms with Crippen molar-refractivity contribution in [3.8, 4) is 22.9 Å². The molecule has 33 heavy (non-hydrogen) atoms. The predicted molar refractivity (Wildman–Crippen MR) is 125 cm³/mol. The van der Waals surface area contributed by atoms with Gasteiger partial charge in [0.25, 0.3) is 5.91 Å². The molecule has 2 aromatic heterocycles. The summed E-state index contributed by atoms with van der Waals surface area (Å²) in [5.41, 5.74) is 3.58. The van der Waals surface area contributed by atoms with Gasteiger partial charge in [0, 0.05) is 18.2 Å². The van der Waals surface area contributed by atoms with Gasteiger partial charge in [-0.15, -0.1) is 0 Å². The van der Waals surface area contributed by atoms with Crippen molar-refractivity contribution in [2.75, 3.05) is 6.61 Å². The fourth-order valence-electron chi connectivity index (χ4n) is 4.75. The smallest absolute Gasteiger partial charge is 0.258 e. The van der Waals surface area contributed by atoms with Crippen LogP contribution in [0.15, 0.2) is 48.7 Å². The minimum Gasteiger partial charge on any atom is -0.483 e. The van der Waals surface area contributed by atoms with Gasteiger partial charge in [-0.3, -0.25) is 14.5 Å². The molecule has 1 amide bonds. The van der Waals surface area contributed by atoms with E-state index in [4.69, 9.17) is 14.6 Å². The molecule has 1 fully saturated rings. The number of ether oxygens (including phenoxy) is 2. The van der Waals surface area contributed by atoms with Crippen molar-refractivity contribution < 1.29 is 14.3 Å². The normalized spacial score (nSPS) is 16.9. The van der Waals surface area contributed by atoms with E-state index in [2.05, 4.69) is 15.0 Å². The number of nitrogens with one attached hydrogen (secondary N) is 1. The predicted octanol–water partition coefficient (Wildman–Crippen LogP) is 4.47. The van der Waals surface area contributed by atoms with Crippen LogP contribution in [0.4, 0.5) is 0 Å². The van der Waals surface area contributed by atoms with E-state index in [1.165, 1.54) is 12.8 Å². The van der Waals surface area contributed by atoms with E-state index in [1.54, 1.807) is 6.20 Å². The maximum atomic E-state index is 12.5. The molecular formula is C26H30N4O3. The number of fused-ring (bicyclic) bond motifs is 1. The minimum atomic E-state index is -0.256. The van der Waals surface area contributed by atoms with E-state index in [1.807, 2.05) is 56.3 Å². The van der Waals surface area contributed by atoms with Gasteiger partial charge in [0.1, 0.15) is 5.60 Å². The first kappa shape index (κ1) is 21.5. The van der Waals surface area contributed by atoms with Gasteiger partial charge in [-0.2, -0.15) is 5.10 Å². The van der Waals surface area contributed by atoms with Gasteiger partial charge in [0.15, 0.2) is 18.1 Å². The van der Waals surface area contributed by atoms with E-state index < -0.39 is 0 Å². The summed E-state index contributed by atoms with van der Waals surface area (Å²) in [5, 5.41) is 7.76. The van der Waals surface area contributed by atoms with Gasteiger partial charge in [-0.05, 0) is 51.0 Å². The highest BCUT2D eigenvalue weighted by Crippen LogP contribution is 2.41. The summed E-state index contributed by atoms with van der Waals surface area (Å²) in [7, 11) is 0. The SMILES string of the molecule is CC1(C)Cc2cccc(OCC(=O)NCc3cc(-c4ccccn4)n(C4CCCC4)n3)c2O1. The monoisotopic (exact) mass is 446 g/mol. The Morgan fingerprint density at radius 2 is 2.06 bits per heavy atom. The van der Waals surface area contributed by atoms with Gasteiger partial charge < -0.3 is 14.8 Å². The summed E-state index contributed by atoms with van der Waals surface area (Å²) < 4.78 is 13.9. The first-order valence-electron chi connectivity index (χ1n) is 11.7. The molecule has 1 aromatic carbocycles. The van der Waals surface area contributed by atoms with Crippen molar-refractivity contribution in [1.29, 1.82) is 0 Å². The van der Waals surface area contributed by atoms with Crippen LogP contribution in [0.5, 0.6) is 11.5 Å².